The molecule has 9 nitrogen and oxygen atoms in total. The van der Waals surface area contributed by atoms with Crippen LogP contribution >= 0.6 is 0 Å². The largest absolute Gasteiger partial charge is 0.477 e. The summed E-state index contributed by atoms with van der Waals surface area (Å²) >= 11 is 0. The first-order valence-corrected chi connectivity index (χ1v) is 10.5. The number of amides is 2. The molecule has 2 amide bonds. The highest BCUT2D eigenvalue weighted by Crippen LogP contribution is 2.44. The molecule has 1 aliphatic rings. The second-order valence-corrected chi connectivity index (χ2v) is 7.86. The van der Waals surface area contributed by atoms with Gasteiger partial charge in [-0.15, -0.1) is 0 Å². The number of aromatic carboxylic acids is 1. The molecular weight excluding hydrogens is 424 g/mol. The minimum Gasteiger partial charge on any atom is -0.477 e. The molecule has 0 spiro atoms. The Labute approximate surface area is 190 Å². The maximum absolute atomic E-state index is 12.3. The Hall–Kier alpha value is -4.14. The van der Waals surface area contributed by atoms with Gasteiger partial charge in [0.15, 0.2) is 0 Å². The monoisotopic (exact) mass is 448 g/mol. The van der Waals surface area contributed by atoms with Gasteiger partial charge in [-0.1, -0.05) is 48.5 Å². The maximum atomic E-state index is 12.3. The predicted molar refractivity (Wildman–Crippen MR) is 120 cm³/mol. The molecule has 3 N–H and O–H groups in total. The SMILES string of the molecule is CC(NC(=O)OCC1c2ccccc2-c2ccccc21)C(=O)NCc1cc(C(=O)O)n(C)n1. The molecule has 0 saturated carbocycles. The number of carbonyl (C=O) groups is 3. The molecule has 3 aromatic rings. The molecule has 0 fully saturated rings. The van der Waals surface area contributed by atoms with Gasteiger partial charge in [0.2, 0.25) is 5.91 Å². The minimum absolute atomic E-state index is 0.0176. The van der Waals surface area contributed by atoms with Crippen LogP contribution in [0.15, 0.2) is 54.6 Å². The highest BCUT2D eigenvalue weighted by atomic mass is 16.5. The number of fused-ring (bicyclic) bond motifs is 3. The lowest BCUT2D eigenvalue weighted by Crippen LogP contribution is -2.45. The Kier molecular flexibility index (Phi) is 6.12. The molecule has 1 unspecified atom stereocenters. The third-order valence-electron chi connectivity index (χ3n) is 5.66. The zero-order valence-corrected chi connectivity index (χ0v) is 18.2. The molecule has 4 rings (SSSR count). The van der Waals surface area contributed by atoms with E-state index in [1.54, 1.807) is 0 Å². The van der Waals surface area contributed by atoms with Gasteiger partial charge in [0.1, 0.15) is 18.3 Å². The van der Waals surface area contributed by atoms with Gasteiger partial charge in [0.05, 0.1) is 12.2 Å². The first-order valence-electron chi connectivity index (χ1n) is 10.5. The van der Waals surface area contributed by atoms with E-state index in [9.17, 15) is 14.4 Å². The van der Waals surface area contributed by atoms with Crippen molar-refractivity contribution in [2.24, 2.45) is 7.05 Å². The van der Waals surface area contributed by atoms with E-state index in [4.69, 9.17) is 9.84 Å². The van der Waals surface area contributed by atoms with Gasteiger partial charge in [0, 0.05) is 13.0 Å². The van der Waals surface area contributed by atoms with Gasteiger partial charge >= 0.3 is 12.1 Å². The van der Waals surface area contributed by atoms with E-state index in [0.29, 0.717) is 5.69 Å². The molecule has 170 valence electrons. The number of hydrogen-bond acceptors (Lipinski definition) is 5. The number of aromatic nitrogens is 2. The van der Waals surface area contributed by atoms with Crippen LogP contribution in [0.5, 0.6) is 0 Å². The number of carbonyl (C=O) groups excluding carboxylic acids is 2. The molecule has 1 aromatic heterocycles. The molecule has 0 radical (unpaired) electrons. The van der Waals surface area contributed by atoms with Gasteiger partial charge in [0.25, 0.3) is 0 Å². The zero-order chi connectivity index (χ0) is 23.5. The summed E-state index contributed by atoms with van der Waals surface area (Å²) in [4.78, 5) is 35.8. The second-order valence-electron chi connectivity index (χ2n) is 7.86. The van der Waals surface area contributed by atoms with Gasteiger partial charge in [-0.2, -0.15) is 5.10 Å². The summed E-state index contributed by atoms with van der Waals surface area (Å²) in [6, 6.07) is 16.6. The topological polar surface area (TPSA) is 123 Å². The Bertz CT molecular complexity index is 1170. The fourth-order valence-corrected chi connectivity index (χ4v) is 4.03. The molecule has 0 saturated heterocycles. The number of ether oxygens (including phenoxy) is 1. The summed E-state index contributed by atoms with van der Waals surface area (Å²) in [5, 5.41) is 18.3. The van der Waals surface area contributed by atoms with Crippen LogP contribution in [0.25, 0.3) is 11.1 Å². The van der Waals surface area contributed by atoms with Crippen molar-refractivity contribution in [3.8, 4) is 11.1 Å². The number of benzene rings is 2. The fourth-order valence-electron chi connectivity index (χ4n) is 4.03. The predicted octanol–water partition coefficient (Wildman–Crippen LogP) is 2.66. The van der Waals surface area contributed by atoms with E-state index in [2.05, 4.69) is 27.9 Å². The van der Waals surface area contributed by atoms with E-state index in [-0.39, 0.29) is 24.8 Å². The van der Waals surface area contributed by atoms with E-state index in [1.165, 1.54) is 24.7 Å². The van der Waals surface area contributed by atoms with Crippen molar-refractivity contribution >= 4 is 18.0 Å². The summed E-state index contributed by atoms with van der Waals surface area (Å²) in [6.45, 7) is 1.73. The van der Waals surface area contributed by atoms with Gasteiger partial charge in [-0.3, -0.25) is 9.48 Å². The van der Waals surface area contributed by atoms with Crippen molar-refractivity contribution < 1.29 is 24.2 Å². The van der Waals surface area contributed by atoms with Gasteiger partial charge in [-0.25, -0.2) is 9.59 Å². The van der Waals surface area contributed by atoms with Crippen molar-refractivity contribution in [2.75, 3.05) is 6.61 Å². The summed E-state index contributed by atoms with van der Waals surface area (Å²) in [5.74, 6) is -1.61. The molecule has 0 aliphatic heterocycles. The molecular formula is C24H24N4O5. The Morgan fingerprint density at radius 2 is 1.70 bits per heavy atom. The van der Waals surface area contributed by atoms with Crippen LogP contribution in [0.3, 0.4) is 0 Å². The average Bonchev–Trinajstić information content (AvgIpc) is 3.33. The van der Waals surface area contributed by atoms with E-state index >= 15 is 0 Å². The van der Waals surface area contributed by atoms with E-state index in [0.717, 1.165) is 22.3 Å². The standard InChI is InChI=1S/C24H24N4O5/c1-14(22(29)25-12-15-11-21(23(30)31)28(2)27-15)26-24(32)33-13-20-18-9-5-3-7-16(18)17-8-4-6-10-19(17)20/h3-11,14,20H,12-13H2,1-2H3,(H,25,29)(H,26,32)(H,30,31). The van der Waals surface area contributed by atoms with Crippen molar-refractivity contribution in [1.29, 1.82) is 0 Å². The first-order chi connectivity index (χ1) is 15.8. The smallest absolute Gasteiger partial charge is 0.407 e. The second kappa shape index (κ2) is 9.15. The molecule has 33 heavy (non-hydrogen) atoms. The quantitative estimate of drug-likeness (QED) is 0.511. The normalized spacial score (nSPS) is 13.0. The number of carboxylic acid groups (broad SMARTS) is 1. The van der Waals surface area contributed by atoms with E-state index in [1.807, 2.05) is 36.4 Å². The lowest BCUT2D eigenvalue weighted by Gasteiger charge is -2.17. The van der Waals surface area contributed by atoms with Gasteiger partial charge in [-0.05, 0) is 35.2 Å². The molecule has 1 heterocycles. The zero-order valence-electron chi connectivity index (χ0n) is 18.2. The Morgan fingerprint density at radius 1 is 1.09 bits per heavy atom. The number of nitrogens with one attached hydrogen (secondary N) is 2. The molecule has 1 aliphatic carbocycles. The average molecular weight is 448 g/mol. The summed E-state index contributed by atoms with van der Waals surface area (Å²) < 4.78 is 6.68. The number of rotatable bonds is 7. The number of hydrogen-bond donors (Lipinski definition) is 3. The molecule has 9 heteroatoms. The Morgan fingerprint density at radius 3 is 2.27 bits per heavy atom. The maximum Gasteiger partial charge on any atom is 0.407 e. The van der Waals surface area contributed by atoms with Crippen LogP contribution in [-0.4, -0.2) is 45.5 Å². The van der Waals surface area contributed by atoms with Crippen LogP contribution in [0.4, 0.5) is 4.79 Å². The molecule has 2 aromatic carbocycles. The summed E-state index contributed by atoms with van der Waals surface area (Å²) in [7, 11) is 1.51. The highest BCUT2D eigenvalue weighted by Gasteiger charge is 2.29. The van der Waals surface area contributed by atoms with Crippen molar-refractivity contribution in [3.63, 3.8) is 0 Å². The molecule has 0 bridgehead atoms. The van der Waals surface area contributed by atoms with Gasteiger partial charge < -0.3 is 20.5 Å². The summed E-state index contributed by atoms with van der Waals surface area (Å²) in [6.07, 6.45) is -0.689. The van der Waals surface area contributed by atoms with Crippen LogP contribution in [-0.2, 0) is 23.1 Å². The third kappa shape index (κ3) is 4.57. The lowest BCUT2D eigenvalue weighted by molar-refractivity contribution is -0.122. The number of carboxylic acids is 1. The minimum atomic E-state index is -1.10. The van der Waals surface area contributed by atoms with Crippen LogP contribution < -0.4 is 10.6 Å². The van der Waals surface area contributed by atoms with Crippen LogP contribution in [0, 0.1) is 0 Å². The number of alkyl carbamates (subject to hydrolysis) is 1. The molecule has 1 atom stereocenters. The first kappa shape index (κ1) is 22.1. The van der Waals surface area contributed by atoms with Crippen molar-refractivity contribution in [2.45, 2.75) is 25.4 Å². The third-order valence-corrected chi connectivity index (χ3v) is 5.66. The highest BCUT2D eigenvalue weighted by molar-refractivity contribution is 5.86. The fraction of sp³-hybridized carbons (Fsp3) is 0.250. The van der Waals surface area contributed by atoms with Crippen molar-refractivity contribution in [1.82, 2.24) is 20.4 Å². The number of aryl methyl sites for hydroxylation is 1. The van der Waals surface area contributed by atoms with Crippen LogP contribution in [0.1, 0.15) is 40.2 Å². The summed E-state index contributed by atoms with van der Waals surface area (Å²) in [5.41, 5.74) is 4.90. The Balaban J connectivity index is 1.30. The number of nitrogens with zero attached hydrogens (tertiary/aromatic N) is 2. The van der Waals surface area contributed by atoms with Crippen molar-refractivity contribution in [3.05, 3.63) is 77.1 Å². The van der Waals surface area contributed by atoms with E-state index < -0.39 is 24.0 Å². The van der Waals surface area contributed by atoms with Crippen LogP contribution in [0.2, 0.25) is 0 Å². The lowest BCUT2D eigenvalue weighted by atomic mass is 9.98.